The Balaban J connectivity index is 1.63. The van der Waals surface area contributed by atoms with Crippen LogP contribution in [-0.2, 0) is 9.59 Å². The van der Waals surface area contributed by atoms with Gasteiger partial charge in [-0.05, 0) is 42.8 Å². The third-order valence-electron chi connectivity index (χ3n) is 3.89. The minimum atomic E-state index is -0.564. The second-order valence-corrected chi connectivity index (χ2v) is 5.91. The molecule has 2 atom stereocenters. The minimum Gasteiger partial charge on any atom is -0.506 e. The molecule has 8 nitrogen and oxygen atoms in total. The largest absolute Gasteiger partial charge is 0.506 e. The van der Waals surface area contributed by atoms with Crippen LogP contribution >= 0.6 is 0 Å². The number of amides is 2. The first-order chi connectivity index (χ1) is 12.5. The molecule has 3 rings (SSSR count). The molecular weight excluding hydrogens is 338 g/mol. The third kappa shape index (κ3) is 4.50. The number of nitrogens with one attached hydrogen (secondary N) is 3. The number of hydrogen-bond donors (Lipinski definition) is 5. The van der Waals surface area contributed by atoms with Gasteiger partial charge >= 0.3 is 0 Å². The first-order valence-corrected chi connectivity index (χ1v) is 8.09. The van der Waals surface area contributed by atoms with Gasteiger partial charge in [-0.2, -0.15) is 0 Å². The van der Waals surface area contributed by atoms with Crippen LogP contribution in [0.15, 0.2) is 47.1 Å². The van der Waals surface area contributed by atoms with Crippen molar-refractivity contribution in [3.8, 4) is 5.75 Å². The van der Waals surface area contributed by atoms with E-state index in [0.29, 0.717) is 24.4 Å². The number of carbonyl (C=O) groups excluding carboxylic acids is 2. The SMILES string of the molecule is O=C(/C=C/c1ccco1)Nc1ccc(O)c(NC(=O)[C@@H]2C[C@@H](O)CN2)c1. The molecule has 0 spiro atoms. The van der Waals surface area contributed by atoms with Crippen molar-refractivity contribution in [2.45, 2.75) is 18.6 Å². The third-order valence-corrected chi connectivity index (χ3v) is 3.89. The Hall–Kier alpha value is -3.10. The standard InChI is InChI=1S/C18H19N3O5/c22-12-9-15(19-10-12)18(25)21-14-8-11(3-5-16(14)23)20-17(24)6-4-13-2-1-7-26-13/h1-8,12,15,19,22-23H,9-10H2,(H,20,24)(H,21,25)/b6-4+/t12-,15+/m1/s1. The fourth-order valence-electron chi connectivity index (χ4n) is 2.58. The van der Waals surface area contributed by atoms with E-state index in [4.69, 9.17) is 4.42 Å². The van der Waals surface area contributed by atoms with Crippen molar-refractivity contribution >= 4 is 29.3 Å². The maximum Gasteiger partial charge on any atom is 0.248 e. The highest BCUT2D eigenvalue weighted by atomic mass is 16.3. The van der Waals surface area contributed by atoms with Gasteiger partial charge in [0.1, 0.15) is 11.5 Å². The summed E-state index contributed by atoms with van der Waals surface area (Å²) in [5.74, 6) is -0.325. The van der Waals surface area contributed by atoms with Crippen molar-refractivity contribution < 1.29 is 24.2 Å². The molecule has 136 valence electrons. The van der Waals surface area contributed by atoms with E-state index in [9.17, 15) is 19.8 Å². The van der Waals surface area contributed by atoms with Crippen LogP contribution in [0.5, 0.6) is 5.75 Å². The Morgan fingerprint density at radius 1 is 1.27 bits per heavy atom. The van der Waals surface area contributed by atoms with Crippen molar-refractivity contribution in [1.82, 2.24) is 5.32 Å². The van der Waals surface area contributed by atoms with E-state index in [2.05, 4.69) is 16.0 Å². The number of rotatable bonds is 5. The van der Waals surface area contributed by atoms with Gasteiger partial charge in [0.2, 0.25) is 11.8 Å². The van der Waals surface area contributed by atoms with Gasteiger partial charge in [0.15, 0.2) is 0 Å². The van der Waals surface area contributed by atoms with Crippen LogP contribution in [0.3, 0.4) is 0 Å². The van der Waals surface area contributed by atoms with E-state index >= 15 is 0 Å². The summed E-state index contributed by atoms with van der Waals surface area (Å²) in [6.45, 7) is 0.349. The van der Waals surface area contributed by atoms with E-state index in [1.807, 2.05) is 0 Å². The fraction of sp³-hybridized carbons (Fsp3) is 0.222. The average Bonchev–Trinajstić information content (AvgIpc) is 3.27. The van der Waals surface area contributed by atoms with Crippen LogP contribution in [0.2, 0.25) is 0 Å². The number of benzene rings is 1. The van der Waals surface area contributed by atoms with Crippen LogP contribution in [0.25, 0.3) is 6.08 Å². The van der Waals surface area contributed by atoms with E-state index in [1.165, 1.54) is 36.6 Å². The number of furan rings is 1. The van der Waals surface area contributed by atoms with Crippen molar-refractivity contribution in [3.05, 3.63) is 48.4 Å². The predicted molar refractivity (Wildman–Crippen MR) is 95.5 cm³/mol. The quantitative estimate of drug-likeness (QED) is 0.312. The Labute approximate surface area is 149 Å². The van der Waals surface area contributed by atoms with Gasteiger partial charge in [-0.1, -0.05) is 0 Å². The number of aromatic hydroxyl groups is 1. The van der Waals surface area contributed by atoms with Crippen LogP contribution < -0.4 is 16.0 Å². The van der Waals surface area contributed by atoms with Gasteiger partial charge in [-0.3, -0.25) is 9.59 Å². The first kappa shape index (κ1) is 17.7. The van der Waals surface area contributed by atoms with Crippen molar-refractivity contribution in [1.29, 1.82) is 0 Å². The maximum atomic E-state index is 12.2. The Bertz CT molecular complexity index is 816. The highest BCUT2D eigenvalue weighted by Gasteiger charge is 2.28. The molecule has 0 saturated carbocycles. The topological polar surface area (TPSA) is 124 Å². The number of phenols is 1. The summed E-state index contributed by atoms with van der Waals surface area (Å²) in [7, 11) is 0. The molecule has 2 aromatic rings. The number of phenolic OH excluding ortho intramolecular Hbond substituents is 1. The normalized spacial score (nSPS) is 19.6. The zero-order valence-corrected chi connectivity index (χ0v) is 13.8. The molecule has 0 aliphatic carbocycles. The summed E-state index contributed by atoms with van der Waals surface area (Å²) in [5, 5.41) is 27.5. The van der Waals surface area contributed by atoms with Gasteiger partial charge in [-0.15, -0.1) is 0 Å². The Kier molecular flexibility index (Phi) is 5.35. The van der Waals surface area contributed by atoms with Crippen molar-refractivity contribution in [2.75, 3.05) is 17.2 Å². The molecule has 0 radical (unpaired) electrons. The lowest BCUT2D eigenvalue weighted by molar-refractivity contribution is -0.118. The predicted octanol–water partition coefficient (Wildman–Crippen LogP) is 1.30. The van der Waals surface area contributed by atoms with Gasteiger partial charge in [0.05, 0.1) is 24.1 Å². The highest BCUT2D eigenvalue weighted by Crippen LogP contribution is 2.27. The van der Waals surface area contributed by atoms with Crippen LogP contribution in [0.1, 0.15) is 12.2 Å². The van der Waals surface area contributed by atoms with E-state index in [1.54, 1.807) is 12.1 Å². The molecule has 8 heteroatoms. The maximum absolute atomic E-state index is 12.2. The molecule has 2 amide bonds. The van der Waals surface area contributed by atoms with E-state index in [-0.39, 0.29) is 23.3 Å². The van der Waals surface area contributed by atoms with Gasteiger partial charge in [0, 0.05) is 18.3 Å². The number of hydrogen-bond acceptors (Lipinski definition) is 6. The molecule has 0 bridgehead atoms. The summed E-state index contributed by atoms with van der Waals surface area (Å²) in [5.41, 5.74) is 0.581. The smallest absolute Gasteiger partial charge is 0.248 e. The molecular formula is C18H19N3O5. The number of β-amino-alcohol motifs (C(OH)–C–C–N with tert-alkyl or cyclic N) is 1. The van der Waals surface area contributed by atoms with E-state index in [0.717, 1.165) is 0 Å². The number of anilines is 2. The lowest BCUT2D eigenvalue weighted by atomic mass is 10.2. The zero-order valence-electron chi connectivity index (χ0n) is 13.8. The molecule has 1 aliphatic rings. The molecule has 1 saturated heterocycles. The van der Waals surface area contributed by atoms with Crippen LogP contribution in [-0.4, -0.2) is 40.7 Å². The zero-order chi connectivity index (χ0) is 18.5. The van der Waals surface area contributed by atoms with Gasteiger partial charge in [0.25, 0.3) is 0 Å². The minimum absolute atomic E-state index is 0.124. The monoisotopic (exact) mass is 357 g/mol. The molecule has 0 unspecified atom stereocenters. The summed E-state index contributed by atoms with van der Waals surface area (Å²) in [6.07, 6.45) is 4.08. The molecule has 26 heavy (non-hydrogen) atoms. The summed E-state index contributed by atoms with van der Waals surface area (Å²) < 4.78 is 5.10. The molecule has 1 aromatic heterocycles. The lowest BCUT2D eigenvalue weighted by Crippen LogP contribution is -2.35. The molecule has 2 heterocycles. The highest BCUT2D eigenvalue weighted by molar-refractivity contribution is 6.03. The van der Waals surface area contributed by atoms with Crippen LogP contribution in [0.4, 0.5) is 11.4 Å². The molecule has 1 aromatic carbocycles. The second-order valence-electron chi connectivity index (χ2n) is 5.91. The summed E-state index contributed by atoms with van der Waals surface area (Å²) >= 11 is 0. The average molecular weight is 357 g/mol. The first-order valence-electron chi connectivity index (χ1n) is 8.09. The summed E-state index contributed by atoms with van der Waals surface area (Å²) in [6, 6.07) is 7.24. The number of aliphatic hydroxyl groups is 1. The van der Waals surface area contributed by atoms with Crippen LogP contribution in [0, 0.1) is 0 Å². The fourth-order valence-corrected chi connectivity index (χ4v) is 2.58. The lowest BCUT2D eigenvalue weighted by Gasteiger charge is -2.13. The van der Waals surface area contributed by atoms with Gasteiger partial charge in [-0.25, -0.2) is 0 Å². The van der Waals surface area contributed by atoms with Crippen molar-refractivity contribution in [2.24, 2.45) is 0 Å². The number of aliphatic hydroxyl groups excluding tert-OH is 1. The van der Waals surface area contributed by atoms with E-state index < -0.39 is 12.1 Å². The molecule has 5 N–H and O–H groups in total. The Morgan fingerprint density at radius 2 is 2.12 bits per heavy atom. The Morgan fingerprint density at radius 3 is 2.81 bits per heavy atom. The number of carbonyl (C=O) groups is 2. The van der Waals surface area contributed by atoms with Gasteiger partial charge < -0.3 is 30.6 Å². The molecule has 1 aliphatic heterocycles. The summed E-state index contributed by atoms with van der Waals surface area (Å²) in [4.78, 5) is 24.1. The molecule has 1 fully saturated rings. The van der Waals surface area contributed by atoms with Crippen molar-refractivity contribution in [3.63, 3.8) is 0 Å². The second kappa shape index (κ2) is 7.85.